The molecule has 2 heterocycles. The van der Waals surface area contributed by atoms with Crippen LogP contribution in [0.5, 0.6) is 0 Å². The molecule has 0 radical (unpaired) electrons. The van der Waals surface area contributed by atoms with Crippen molar-refractivity contribution in [2.24, 2.45) is 10.9 Å². The van der Waals surface area contributed by atoms with Crippen LogP contribution >= 0.6 is 0 Å². The number of hydrogen-bond donors (Lipinski definition) is 3. The third-order valence-corrected chi connectivity index (χ3v) is 4.73. The standard InChI is InChI=1S/C19H35N5O2/c1-5-20-18(22-15-19(3,25)17-7-6-12-26-17)21-13-16(2)14-24-10-8-23(4)9-11-24/h6-7,12,16,25H,5,8-11,13-15H2,1-4H3,(H2,20,21,22). The van der Waals surface area contributed by atoms with Gasteiger partial charge in [-0.3, -0.25) is 0 Å². The number of hydrogen-bond acceptors (Lipinski definition) is 5. The molecule has 1 fully saturated rings. The van der Waals surface area contributed by atoms with Crippen molar-refractivity contribution in [3.05, 3.63) is 24.2 Å². The molecule has 1 aliphatic rings. The van der Waals surface area contributed by atoms with E-state index in [2.05, 4.69) is 39.4 Å². The lowest BCUT2D eigenvalue weighted by atomic mass is 10.0. The van der Waals surface area contributed by atoms with E-state index in [1.807, 2.05) is 6.92 Å². The molecular weight excluding hydrogens is 330 g/mol. The van der Waals surface area contributed by atoms with Gasteiger partial charge < -0.3 is 30.0 Å². The van der Waals surface area contributed by atoms with Crippen LogP contribution in [0.15, 0.2) is 27.8 Å². The van der Waals surface area contributed by atoms with Crippen LogP contribution in [0.4, 0.5) is 0 Å². The fourth-order valence-electron chi connectivity index (χ4n) is 3.04. The van der Waals surface area contributed by atoms with Crippen LogP contribution in [0.2, 0.25) is 0 Å². The Balaban J connectivity index is 1.81. The number of furan rings is 1. The Morgan fingerprint density at radius 3 is 2.69 bits per heavy atom. The Morgan fingerprint density at radius 2 is 2.08 bits per heavy atom. The lowest BCUT2D eigenvalue weighted by molar-refractivity contribution is 0.0437. The molecule has 0 aromatic carbocycles. The molecule has 7 heteroatoms. The monoisotopic (exact) mass is 365 g/mol. The number of guanidine groups is 1. The van der Waals surface area contributed by atoms with Crippen molar-refractivity contribution in [1.82, 2.24) is 20.4 Å². The van der Waals surface area contributed by atoms with Crippen molar-refractivity contribution in [2.75, 3.05) is 59.4 Å². The quantitative estimate of drug-likeness (QED) is 0.470. The van der Waals surface area contributed by atoms with E-state index in [0.717, 1.165) is 51.8 Å². The van der Waals surface area contributed by atoms with Gasteiger partial charge >= 0.3 is 0 Å². The first-order valence-corrected chi connectivity index (χ1v) is 9.60. The number of nitrogens with zero attached hydrogens (tertiary/aromatic N) is 3. The summed E-state index contributed by atoms with van der Waals surface area (Å²) >= 11 is 0. The fraction of sp³-hybridized carbons (Fsp3) is 0.737. The van der Waals surface area contributed by atoms with Crippen molar-refractivity contribution in [1.29, 1.82) is 0 Å². The minimum atomic E-state index is -1.11. The van der Waals surface area contributed by atoms with Crippen LogP contribution in [0.3, 0.4) is 0 Å². The molecule has 0 bridgehead atoms. The smallest absolute Gasteiger partial charge is 0.191 e. The minimum absolute atomic E-state index is 0.239. The largest absolute Gasteiger partial charge is 0.466 e. The molecule has 2 atom stereocenters. The molecule has 0 spiro atoms. The van der Waals surface area contributed by atoms with E-state index in [1.54, 1.807) is 25.3 Å². The van der Waals surface area contributed by atoms with Gasteiger partial charge in [0.15, 0.2) is 5.96 Å². The second kappa shape index (κ2) is 9.94. The van der Waals surface area contributed by atoms with Crippen molar-refractivity contribution in [3.8, 4) is 0 Å². The van der Waals surface area contributed by atoms with Gasteiger partial charge in [-0.25, -0.2) is 4.99 Å². The van der Waals surface area contributed by atoms with E-state index in [0.29, 0.717) is 11.7 Å². The summed E-state index contributed by atoms with van der Waals surface area (Å²) in [7, 11) is 2.18. The summed E-state index contributed by atoms with van der Waals surface area (Å²) in [4.78, 5) is 9.44. The van der Waals surface area contributed by atoms with Gasteiger partial charge in [-0.1, -0.05) is 6.92 Å². The summed E-state index contributed by atoms with van der Waals surface area (Å²) in [5, 5.41) is 17.2. The number of aliphatic hydroxyl groups is 1. The Kier molecular flexibility index (Phi) is 7.93. The predicted molar refractivity (Wildman–Crippen MR) is 105 cm³/mol. The predicted octanol–water partition coefficient (Wildman–Crippen LogP) is 0.926. The normalized spacial score (nSPS) is 20.6. The van der Waals surface area contributed by atoms with Crippen LogP contribution in [0.25, 0.3) is 0 Å². The highest BCUT2D eigenvalue weighted by molar-refractivity contribution is 5.79. The Morgan fingerprint density at radius 1 is 1.35 bits per heavy atom. The highest BCUT2D eigenvalue weighted by atomic mass is 16.4. The van der Waals surface area contributed by atoms with Crippen molar-refractivity contribution in [3.63, 3.8) is 0 Å². The highest BCUT2D eigenvalue weighted by Gasteiger charge is 2.26. The van der Waals surface area contributed by atoms with Gasteiger partial charge in [0.05, 0.1) is 12.8 Å². The first-order chi connectivity index (χ1) is 12.4. The zero-order chi connectivity index (χ0) is 19.0. The van der Waals surface area contributed by atoms with E-state index < -0.39 is 5.60 Å². The molecule has 1 aromatic rings. The van der Waals surface area contributed by atoms with Gasteiger partial charge in [0.1, 0.15) is 11.4 Å². The first kappa shape index (κ1) is 20.7. The van der Waals surface area contributed by atoms with E-state index in [-0.39, 0.29) is 6.54 Å². The second-order valence-electron chi connectivity index (χ2n) is 7.54. The molecule has 2 rings (SSSR count). The second-order valence-corrected chi connectivity index (χ2v) is 7.54. The fourth-order valence-corrected chi connectivity index (χ4v) is 3.04. The Labute approximate surface area is 157 Å². The van der Waals surface area contributed by atoms with Gasteiger partial charge in [-0.05, 0) is 38.9 Å². The lowest BCUT2D eigenvalue weighted by Crippen LogP contribution is -2.47. The lowest BCUT2D eigenvalue weighted by Gasteiger charge is -2.34. The Bertz CT molecular complexity index is 536. The van der Waals surface area contributed by atoms with Gasteiger partial charge in [0.2, 0.25) is 0 Å². The maximum absolute atomic E-state index is 10.5. The molecular formula is C19H35N5O2. The molecule has 26 heavy (non-hydrogen) atoms. The molecule has 2 unspecified atom stereocenters. The van der Waals surface area contributed by atoms with Crippen LogP contribution in [0, 0.1) is 5.92 Å². The zero-order valence-corrected chi connectivity index (χ0v) is 16.7. The van der Waals surface area contributed by atoms with Crippen LogP contribution in [-0.2, 0) is 5.60 Å². The minimum Gasteiger partial charge on any atom is -0.466 e. The molecule has 1 aromatic heterocycles. The van der Waals surface area contributed by atoms with E-state index in [9.17, 15) is 5.11 Å². The SMILES string of the molecule is CCNC(=NCC(C)(O)c1ccco1)NCC(C)CN1CCN(C)CC1. The average Bonchev–Trinajstić information content (AvgIpc) is 3.15. The van der Waals surface area contributed by atoms with Crippen molar-refractivity contribution >= 4 is 5.96 Å². The summed E-state index contributed by atoms with van der Waals surface area (Å²) in [6.07, 6.45) is 1.57. The van der Waals surface area contributed by atoms with Crippen LogP contribution in [0.1, 0.15) is 26.5 Å². The molecule has 0 aliphatic carbocycles. The molecule has 148 valence electrons. The first-order valence-electron chi connectivity index (χ1n) is 9.60. The maximum atomic E-state index is 10.5. The van der Waals surface area contributed by atoms with E-state index >= 15 is 0 Å². The molecule has 3 N–H and O–H groups in total. The number of piperazine rings is 1. The van der Waals surface area contributed by atoms with Crippen LogP contribution in [-0.4, -0.2) is 80.3 Å². The highest BCUT2D eigenvalue weighted by Crippen LogP contribution is 2.21. The number of nitrogens with one attached hydrogen (secondary N) is 2. The van der Waals surface area contributed by atoms with Crippen LogP contribution < -0.4 is 10.6 Å². The summed E-state index contributed by atoms with van der Waals surface area (Å²) < 4.78 is 5.31. The summed E-state index contributed by atoms with van der Waals surface area (Å²) in [6, 6.07) is 3.55. The van der Waals surface area contributed by atoms with Gasteiger partial charge in [0, 0.05) is 45.8 Å². The van der Waals surface area contributed by atoms with Gasteiger partial charge in [-0.2, -0.15) is 0 Å². The third kappa shape index (κ3) is 6.63. The van der Waals surface area contributed by atoms with Crippen molar-refractivity contribution in [2.45, 2.75) is 26.4 Å². The number of aliphatic imine (C=N–C) groups is 1. The average molecular weight is 366 g/mol. The topological polar surface area (TPSA) is 76.3 Å². The molecule has 0 saturated carbocycles. The number of likely N-dealkylation sites (N-methyl/N-ethyl adjacent to an activating group) is 1. The van der Waals surface area contributed by atoms with Gasteiger partial charge in [0.25, 0.3) is 0 Å². The van der Waals surface area contributed by atoms with E-state index in [1.165, 1.54) is 0 Å². The summed E-state index contributed by atoms with van der Waals surface area (Å²) in [5.74, 6) is 1.78. The maximum Gasteiger partial charge on any atom is 0.191 e. The molecule has 1 aliphatic heterocycles. The molecule has 7 nitrogen and oxygen atoms in total. The zero-order valence-electron chi connectivity index (χ0n) is 16.7. The molecule has 0 amide bonds. The summed E-state index contributed by atoms with van der Waals surface area (Å²) in [5.41, 5.74) is -1.11. The van der Waals surface area contributed by atoms with Crippen molar-refractivity contribution < 1.29 is 9.52 Å². The van der Waals surface area contributed by atoms with Gasteiger partial charge in [-0.15, -0.1) is 0 Å². The van der Waals surface area contributed by atoms with E-state index in [4.69, 9.17) is 4.42 Å². The number of rotatable bonds is 8. The Hall–Kier alpha value is -1.57. The third-order valence-electron chi connectivity index (χ3n) is 4.73. The molecule has 1 saturated heterocycles. The summed E-state index contributed by atoms with van der Waals surface area (Å²) in [6.45, 7) is 13.5.